The Morgan fingerprint density at radius 3 is 2.61 bits per heavy atom. The Balaban J connectivity index is 0.776. The summed E-state index contributed by atoms with van der Waals surface area (Å²) in [5, 5.41) is 24.4. The smallest absolute Gasteiger partial charge is 0.264 e. The molecule has 0 aliphatic carbocycles. The Morgan fingerprint density at radius 2 is 1.80 bits per heavy atom. The third kappa shape index (κ3) is 6.88. The van der Waals surface area contributed by atoms with Crippen LogP contribution in [0.15, 0.2) is 65.2 Å². The van der Waals surface area contributed by atoms with Crippen LogP contribution in [0.2, 0.25) is 0 Å². The van der Waals surface area contributed by atoms with Crippen LogP contribution in [0.3, 0.4) is 0 Å². The maximum absolute atomic E-state index is 13.3. The number of anilines is 1. The summed E-state index contributed by atoms with van der Waals surface area (Å²) in [6.07, 6.45) is 1.67. The standard InChI is InChI=1S/C37H35N9O8/c47-30-10-9-29(35(49)39-30)46-36(50)25-5-2-6-28(32(25)37(46)51)38-14-18-52-17-13-31(48)45-15-11-23(12-16-45)53-24-4-1-3-21(19-24)33-26-20-22(34-40-43-44-41-34)7-8-27(26)42-54-33/h1-8,19-20,23,29,38H,9-18H2,(H,39,47,49)(H,40,41,43,44). The summed E-state index contributed by atoms with van der Waals surface area (Å²) in [6, 6.07) is 17.1. The number of likely N-dealkylation sites (tertiary alicyclic amines) is 1. The molecule has 5 amide bonds. The number of aromatic nitrogens is 5. The van der Waals surface area contributed by atoms with Gasteiger partial charge in [-0.2, -0.15) is 0 Å². The zero-order valence-corrected chi connectivity index (χ0v) is 28.9. The van der Waals surface area contributed by atoms with E-state index < -0.39 is 29.7 Å². The van der Waals surface area contributed by atoms with Gasteiger partial charge in [0.15, 0.2) is 11.6 Å². The summed E-state index contributed by atoms with van der Waals surface area (Å²) in [5.41, 5.74) is 3.15. The first-order valence-corrected chi connectivity index (χ1v) is 17.7. The largest absolute Gasteiger partial charge is 0.490 e. The second-order valence-corrected chi connectivity index (χ2v) is 13.2. The molecule has 5 heterocycles. The minimum atomic E-state index is -1.04. The maximum Gasteiger partial charge on any atom is 0.264 e. The number of H-pyrrole nitrogens is 1. The topological polar surface area (TPSA) is 215 Å². The lowest BCUT2D eigenvalue weighted by Gasteiger charge is -2.32. The molecule has 2 saturated heterocycles. The molecule has 2 fully saturated rings. The molecule has 17 nitrogen and oxygen atoms in total. The number of nitrogens with zero attached hydrogens (tertiary/aromatic N) is 6. The lowest BCUT2D eigenvalue weighted by Crippen LogP contribution is -2.54. The fourth-order valence-corrected chi connectivity index (χ4v) is 7.04. The van der Waals surface area contributed by atoms with Crippen LogP contribution in [0.1, 0.15) is 52.8 Å². The van der Waals surface area contributed by atoms with E-state index in [4.69, 9.17) is 14.0 Å². The highest BCUT2D eigenvalue weighted by Crippen LogP contribution is 2.34. The number of hydrogen-bond donors (Lipinski definition) is 3. The molecular weight excluding hydrogens is 698 g/mol. The van der Waals surface area contributed by atoms with Gasteiger partial charge in [-0.25, -0.2) is 5.10 Å². The van der Waals surface area contributed by atoms with Crippen LogP contribution in [-0.2, 0) is 19.1 Å². The number of hydrogen-bond acceptors (Lipinski definition) is 13. The van der Waals surface area contributed by atoms with Gasteiger partial charge in [-0.1, -0.05) is 23.4 Å². The van der Waals surface area contributed by atoms with Crippen LogP contribution in [0.25, 0.3) is 33.6 Å². The molecule has 3 aliphatic rings. The lowest BCUT2D eigenvalue weighted by atomic mass is 10.0. The second kappa shape index (κ2) is 14.9. The predicted molar refractivity (Wildman–Crippen MR) is 190 cm³/mol. The Morgan fingerprint density at radius 1 is 0.944 bits per heavy atom. The second-order valence-electron chi connectivity index (χ2n) is 13.2. The molecule has 2 aromatic heterocycles. The van der Waals surface area contributed by atoms with Crippen LogP contribution in [0, 0.1) is 0 Å². The first-order chi connectivity index (χ1) is 26.3. The van der Waals surface area contributed by atoms with E-state index in [1.54, 1.807) is 18.2 Å². The molecule has 3 aromatic carbocycles. The minimum absolute atomic E-state index is 0.000358. The van der Waals surface area contributed by atoms with Crippen molar-refractivity contribution in [1.82, 2.24) is 40.9 Å². The van der Waals surface area contributed by atoms with Crippen LogP contribution in [-0.4, -0.2) is 110 Å². The molecule has 54 heavy (non-hydrogen) atoms. The van der Waals surface area contributed by atoms with Crippen molar-refractivity contribution in [1.29, 1.82) is 0 Å². The van der Waals surface area contributed by atoms with E-state index in [1.807, 2.05) is 47.4 Å². The summed E-state index contributed by atoms with van der Waals surface area (Å²) >= 11 is 0. The molecule has 1 atom stereocenters. The molecule has 1 unspecified atom stereocenters. The number of tetrazole rings is 1. The highest BCUT2D eigenvalue weighted by Gasteiger charge is 2.45. The normalized spacial score (nSPS) is 17.6. The first-order valence-electron chi connectivity index (χ1n) is 17.7. The average molecular weight is 734 g/mol. The van der Waals surface area contributed by atoms with Crippen LogP contribution >= 0.6 is 0 Å². The Bertz CT molecular complexity index is 2250. The monoisotopic (exact) mass is 733 g/mol. The molecule has 5 aromatic rings. The van der Waals surface area contributed by atoms with Gasteiger partial charge in [-0.15, -0.1) is 5.10 Å². The number of amides is 5. The van der Waals surface area contributed by atoms with Crippen molar-refractivity contribution in [3.63, 3.8) is 0 Å². The van der Waals surface area contributed by atoms with E-state index in [0.29, 0.717) is 61.0 Å². The summed E-state index contributed by atoms with van der Waals surface area (Å²) in [6.45, 7) is 1.94. The molecule has 0 bridgehead atoms. The van der Waals surface area contributed by atoms with Crippen molar-refractivity contribution in [2.45, 2.75) is 44.2 Å². The summed E-state index contributed by atoms with van der Waals surface area (Å²) in [7, 11) is 0. The third-order valence-corrected chi connectivity index (χ3v) is 9.78. The number of piperidine rings is 2. The van der Waals surface area contributed by atoms with Crippen LogP contribution in [0.4, 0.5) is 5.69 Å². The van der Waals surface area contributed by atoms with E-state index in [2.05, 4.69) is 36.4 Å². The van der Waals surface area contributed by atoms with Crippen molar-refractivity contribution >= 4 is 46.1 Å². The number of aromatic amines is 1. The molecule has 3 N–H and O–H groups in total. The highest BCUT2D eigenvalue weighted by atomic mass is 16.5. The van der Waals surface area contributed by atoms with E-state index in [-0.39, 0.29) is 55.6 Å². The van der Waals surface area contributed by atoms with Crippen molar-refractivity contribution in [2.24, 2.45) is 0 Å². The van der Waals surface area contributed by atoms with Crippen LogP contribution < -0.4 is 15.4 Å². The third-order valence-electron chi connectivity index (χ3n) is 9.78. The van der Waals surface area contributed by atoms with Gasteiger partial charge in [0.25, 0.3) is 11.8 Å². The highest BCUT2D eigenvalue weighted by molar-refractivity contribution is 6.25. The lowest BCUT2D eigenvalue weighted by molar-refractivity contribution is -0.136. The van der Waals surface area contributed by atoms with Crippen LogP contribution in [0.5, 0.6) is 5.75 Å². The van der Waals surface area contributed by atoms with Gasteiger partial charge in [0.05, 0.1) is 36.1 Å². The molecule has 3 aliphatic heterocycles. The van der Waals surface area contributed by atoms with E-state index in [0.717, 1.165) is 21.4 Å². The summed E-state index contributed by atoms with van der Waals surface area (Å²) < 4.78 is 17.8. The van der Waals surface area contributed by atoms with E-state index >= 15 is 0 Å². The van der Waals surface area contributed by atoms with Gasteiger partial charge in [-0.3, -0.25) is 34.2 Å². The number of benzene rings is 3. The molecule has 0 spiro atoms. The number of ether oxygens (including phenoxy) is 2. The number of carbonyl (C=O) groups excluding carboxylic acids is 5. The quantitative estimate of drug-likeness (QED) is 0.124. The number of nitrogens with one attached hydrogen (secondary N) is 3. The molecule has 0 radical (unpaired) electrons. The van der Waals surface area contributed by atoms with E-state index in [9.17, 15) is 24.0 Å². The number of carbonyl (C=O) groups is 5. The fraction of sp³-hybridized carbons (Fsp3) is 0.324. The number of fused-ring (bicyclic) bond motifs is 2. The Hall–Kier alpha value is -6.49. The van der Waals surface area contributed by atoms with Crippen molar-refractivity contribution in [3.8, 4) is 28.5 Å². The first kappa shape index (κ1) is 34.6. The van der Waals surface area contributed by atoms with Gasteiger partial charge < -0.3 is 24.2 Å². The predicted octanol–water partition coefficient (Wildman–Crippen LogP) is 2.96. The average Bonchev–Trinajstić information content (AvgIpc) is 3.93. The summed E-state index contributed by atoms with van der Waals surface area (Å²) in [4.78, 5) is 66.0. The van der Waals surface area contributed by atoms with Crippen molar-refractivity contribution < 1.29 is 38.0 Å². The van der Waals surface area contributed by atoms with Crippen molar-refractivity contribution in [2.75, 3.05) is 38.2 Å². The SMILES string of the molecule is O=C1CCC(N2C(=O)c3cccc(NCCOCCC(=O)N4CCC(Oc5cccc(-c6onc7ccc(-c8nnn[nH]8)cc67)c5)CC4)c3C2=O)C(=O)N1. The molecule has 8 rings (SSSR count). The number of rotatable bonds is 12. The molecule has 17 heteroatoms. The Kier molecular flexibility index (Phi) is 9.52. The number of imide groups is 2. The fourth-order valence-electron chi connectivity index (χ4n) is 7.04. The maximum atomic E-state index is 13.3. The van der Waals surface area contributed by atoms with E-state index in [1.165, 1.54) is 0 Å². The minimum Gasteiger partial charge on any atom is -0.490 e. The van der Waals surface area contributed by atoms with Gasteiger partial charge in [0.1, 0.15) is 23.4 Å². The zero-order chi connectivity index (χ0) is 37.2. The zero-order valence-electron chi connectivity index (χ0n) is 28.9. The molecule has 0 saturated carbocycles. The van der Waals surface area contributed by atoms with Gasteiger partial charge >= 0.3 is 0 Å². The molecular formula is C37H35N9O8. The van der Waals surface area contributed by atoms with Gasteiger partial charge in [0, 0.05) is 55.7 Å². The summed E-state index contributed by atoms with van der Waals surface area (Å²) in [5.74, 6) is -0.391. The van der Waals surface area contributed by atoms with Crippen molar-refractivity contribution in [3.05, 3.63) is 71.8 Å². The molecule has 276 valence electrons. The van der Waals surface area contributed by atoms with Gasteiger partial charge in [0.2, 0.25) is 17.7 Å². The Labute approximate surface area is 307 Å². The van der Waals surface area contributed by atoms with Gasteiger partial charge in [-0.05, 0) is 59.3 Å².